The van der Waals surface area contributed by atoms with Crippen LogP contribution in [0.1, 0.15) is 87.4 Å². The molecule has 0 radical (unpaired) electrons. The van der Waals surface area contributed by atoms with Crippen LogP contribution in [0.3, 0.4) is 0 Å². The average molecular weight is 470 g/mol. The van der Waals surface area contributed by atoms with Crippen molar-refractivity contribution in [3.8, 4) is 5.88 Å². The highest BCUT2D eigenvalue weighted by atomic mass is 16.5. The lowest BCUT2D eigenvalue weighted by atomic mass is 9.74. The third-order valence-electron chi connectivity index (χ3n) is 8.07. The van der Waals surface area contributed by atoms with Crippen LogP contribution in [0.5, 0.6) is 5.88 Å². The van der Waals surface area contributed by atoms with Gasteiger partial charge in [-0.05, 0) is 50.0 Å². The molecule has 3 fully saturated rings. The quantitative estimate of drug-likeness (QED) is 0.536. The number of nitrogens with zero attached hydrogens (tertiary/aromatic N) is 2. The minimum atomic E-state index is -0.682. The van der Waals surface area contributed by atoms with Gasteiger partial charge >= 0.3 is 0 Å². The first-order valence-electron chi connectivity index (χ1n) is 12.9. The zero-order valence-electron chi connectivity index (χ0n) is 20.6. The van der Waals surface area contributed by atoms with Crippen molar-refractivity contribution < 1.29 is 14.3 Å². The van der Waals surface area contributed by atoms with E-state index in [1.54, 1.807) is 25.4 Å². The molecule has 8 heteroatoms. The number of carbonyl (C=O) groups excluding carboxylic acids is 2. The summed E-state index contributed by atoms with van der Waals surface area (Å²) in [7, 11) is 3.24. The molecular formula is C26H39N5O3. The molecule has 0 bridgehead atoms. The Morgan fingerprint density at radius 2 is 2.00 bits per heavy atom. The first-order valence-corrected chi connectivity index (χ1v) is 12.9. The van der Waals surface area contributed by atoms with Crippen molar-refractivity contribution in [1.29, 1.82) is 5.41 Å². The average Bonchev–Trinajstić information content (AvgIpc) is 3.07. The van der Waals surface area contributed by atoms with Gasteiger partial charge in [-0.25, -0.2) is 4.98 Å². The molecule has 186 valence electrons. The zero-order valence-corrected chi connectivity index (χ0v) is 20.6. The summed E-state index contributed by atoms with van der Waals surface area (Å²) in [6, 6.07) is 3.42. The zero-order chi connectivity index (χ0) is 24.1. The summed E-state index contributed by atoms with van der Waals surface area (Å²) >= 11 is 0. The summed E-state index contributed by atoms with van der Waals surface area (Å²) in [6.45, 7) is 0. The van der Waals surface area contributed by atoms with Gasteiger partial charge in [-0.1, -0.05) is 44.9 Å². The highest BCUT2D eigenvalue weighted by Crippen LogP contribution is 2.38. The topological polar surface area (TPSA) is 107 Å². The Kier molecular flexibility index (Phi) is 7.73. The number of hydrogen-bond acceptors (Lipinski definition) is 5. The molecule has 1 aromatic rings. The Bertz CT molecular complexity index is 900. The summed E-state index contributed by atoms with van der Waals surface area (Å²) < 4.78 is 5.14. The van der Waals surface area contributed by atoms with E-state index in [4.69, 9.17) is 10.1 Å². The molecule has 1 saturated heterocycles. The van der Waals surface area contributed by atoms with Crippen LogP contribution in [0.2, 0.25) is 0 Å². The Balaban J connectivity index is 1.40. The Hall–Kier alpha value is -2.64. The van der Waals surface area contributed by atoms with E-state index in [-0.39, 0.29) is 23.8 Å². The predicted molar refractivity (Wildman–Crippen MR) is 131 cm³/mol. The summed E-state index contributed by atoms with van der Waals surface area (Å²) in [5, 5.41) is 14.7. The van der Waals surface area contributed by atoms with Crippen LogP contribution in [-0.4, -0.2) is 53.4 Å². The predicted octanol–water partition coefficient (Wildman–Crippen LogP) is 3.86. The third kappa shape index (κ3) is 5.53. The largest absolute Gasteiger partial charge is 0.481 e. The van der Waals surface area contributed by atoms with Gasteiger partial charge in [-0.3, -0.25) is 19.9 Å². The highest BCUT2D eigenvalue weighted by Gasteiger charge is 2.49. The smallest absolute Gasteiger partial charge is 0.254 e. The van der Waals surface area contributed by atoms with Gasteiger partial charge in [0, 0.05) is 30.9 Å². The molecule has 8 nitrogen and oxygen atoms in total. The minimum Gasteiger partial charge on any atom is -0.481 e. The second-order valence-electron chi connectivity index (χ2n) is 10.5. The molecule has 3 aliphatic rings. The van der Waals surface area contributed by atoms with Crippen molar-refractivity contribution in [1.82, 2.24) is 20.5 Å². The SMILES string of the molecule is COc1cc(C(=O)N[C@@H]2CCC[C@H](C[C@@]3(CCC4CCCCC4)NC(=N)N(C)C3=O)C2)ccn1. The fourth-order valence-electron chi connectivity index (χ4n) is 6.15. The molecule has 0 aromatic carbocycles. The number of methoxy groups -OCH3 is 1. The van der Waals surface area contributed by atoms with Crippen molar-refractivity contribution in [3.63, 3.8) is 0 Å². The van der Waals surface area contributed by atoms with Gasteiger partial charge in [-0.2, -0.15) is 0 Å². The number of carbonyl (C=O) groups is 2. The molecule has 3 atom stereocenters. The Labute approximate surface area is 202 Å². The monoisotopic (exact) mass is 469 g/mol. The van der Waals surface area contributed by atoms with Crippen molar-refractivity contribution in [3.05, 3.63) is 23.9 Å². The number of pyridine rings is 1. The van der Waals surface area contributed by atoms with Crippen LogP contribution in [0.25, 0.3) is 0 Å². The maximum absolute atomic E-state index is 13.3. The summed E-state index contributed by atoms with van der Waals surface area (Å²) in [4.78, 5) is 31.7. The van der Waals surface area contributed by atoms with Gasteiger partial charge in [0.05, 0.1) is 7.11 Å². The van der Waals surface area contributed by atoms with Crippen molar-refractivity contribution in [2.45, 2.75) is 88.6 Å². The fraction of sp³-hybridized carbons (Fsp3) is 0.692. The molecular weight excluding hydrogens is 430 g/mol. The number of guanidine groups is 1. The second kappa shape index (κ2) is 10.7. The van der Waals surface area contributed by atoms with Crippen molar-refractivity contribution in [2.24, 2.45) is 11.8 Å². The number of hydrogen-bond donors (Lipinski definition) is 3. The molecule has 3 N–H and O–H groups in total. The van der Waals surface area contributed by atoms with Crippen LogP contribution in [-0.2, 0) is 4.79 Å². The Morgan fingerprint density at radius 3 is 2.71 bits per heavy atom. The van der Waals surface area contributed by atoms with Gasteiger partial charge in [0.15, 0.2) is 5.96 Å². The number of amides is 2. The first-order chi connectivity index (χ1) is 16.4. The molecule has 0 spiro atoms. The van der Waals surface area contributed by atoms with E-state index >= 15 is 0 Å². The van der Waals surface area contributed by atoms with Crippen LogP contribution >= 0.6 is 0 Å². The highest BCUT2D eigenvalue weighted by molar-refractivity contribution is 6.07. The lowest BCUT2D eigenvalue weighted by Gasteiger charge is -2.36. The maximum Gasteiger partial charge on any atom is 0.254 e. The van der Waals surface area contributed by atoms with E-state index in [0.29, 0.717) is 23.3 Å². The van der Waals surface area contributed by atoms with Gasteiger partial charge in [0.25, 0.3) is 11.8 Å². The molecule has 2 saturated carbocycles. The van der Waals surface area contributed by atoms with Gasteiger partial charge < -0.3 is 15.4 Å². The third-order valence-corrected chi connectivity index (χ3v) is 8.07. The molecule has 1 aromatic heterocycles. The van der Waals surface area contributed by atoms with Crippen LogP contribution in [0.4, 0.5) is 0 Å². The lowest BCUT2D eigenvalue weighted by molar-refractivity contribution is -0.131. The minimum absolute atomic E-state index is 0.0309. The number of aromatic nitrogens is 1. The summed E-state index contributed by atoms with van der Waals surface area (Å²) in [5.41, 5.74) is -0.140. The number of rotatable bonds is 8. The fourth-order valence-corrected chi connectivity index (χ4v) is 6.15. The maximum atomic E-state index is 13.3. The molecule has 2 heterocycles. The van der Waals surface area contributed by atoms with E-state index < -0.39 is 5.54 Å². The van der Waals surface area contributed by atoms with Crippen LogP contribution < -0.4 is 15.4 Å². The number of likely N-dealkylation sites (N-methyl/N-ethyl adjacent to an activating group) is 1. The van der Waals surface area contributed by atoms with E-state index in [2.05, 4.69) is 15.6 Å². The van der Waals surface area contributed by atoms with E-state index in [9.17, 15) is 9.59 Å². The van der Waals surface area contributed by atoms with E-state index in [1.165, 1.54) is 44.1 Å². The second-order valence-corrected chi connectivity index (χ2v) is 10.5. The first kappa shape index (κ1) is 24.5. The van der Waals surface area contributed by atoms with Crippen molar-refractivity contribution >= 4 is 17.8 Å². The Morgan fingerprint density at radius 1 is 1.24 bits per heavy atom. The summed E-state index contributed by atoms with van der Waals surface area (Å²) in [6.07, 6.45) is 14.4. The van der Waals surface area contributed by atoms with Crippen LogP contribution in [0, 0.1) is 17.2 Å². The van der Waals surface area contributed by atoms with Gasteiger partial charge in [-0.15, -0.1) is 0 Å². The van der Waals surface area contributed by atoms with E-state index in [0.717, 1.165) is 44.9 Å². The summed E-state index contributed by atoms with van der Waals surface area (Å²) in [5.74, 6) is 1.56. The van der Waals surface area contributed by atoms with Crippen molar-refractivity contribution in [2.75, 3.05) is 14.2 Å². The van der Waals surface area contributed by atoms with E-state index in [1.807, 2.05) is 0 Å². The van der Waals surface area contributed by atoms with Crippen LogP contribution in [0.15, 0.2) is 18.3 Å². The number of ether oxygens (including phenoxy) is 1. The molecule has 0 unspecified atom stereocenters. The molecule has 1 aliphatic heterocycles. The molecule has 2 aliphatic carbocycles. The molecule has 4 rings (SSSR count). The lowest BCUT2D eigenvalue weighted by Crippen LogP contribution is -2.50. The standard InChI is InChI=1S/C26H39N5O3/c1-31-24(33)26(30-25(31)27,13-11-18-7-4-3-5-8-18)17-19-9-6-10-21(15-19)29-23(32)20-12-14-28-22(16-20)34-2/h12,14,16,18-19,21H,3-11,13,15,17H2,1-2H3,(H2,27,30)(H,29,32)/t19-,21+,26+/m0/s1. The normalized spacial score (nSPS) is 28.0. The molecule has 2 amide bonds. The van der Waals surface area contributed by atoms with Gasteiger partial charge in [0.2, 0.25) is 5.88 Å². The van der Waals surface area contributed by atoms with Gasteiger partial charge in [0.1, 0.15) is 5.54 Å². The number of nitrogens with one attached hydrogen (secondary N) is 3. The molecule has 34 heavy (non-hydrogen) atoms.